The summed E-state index contributed by atoms with van der Waals surface area (Å²) in [5, 5.41) is 19.2. The number of rotatable bonds is 3. The van der Waals surface area contributed by atoms with Crippen LogP contribution in [0.2, 0.25) is 5.15 Å². The molecule has 0 bridgehead atoms. The summed E-state index contributed by atoms with van der Waals surface area (Å²) >= 11 is 5.55. The van der Waals surface area contributed by atoms with Gasteiger partial charge in [-0.25, -0.2) is 4.79 Å². The second-order valence-corrected chi connectivity index (χ2v) is 3.54. The Morgan fingerprint density at radius 2 is 2.29 bits per heavy atom. The zero-order valence-corrected chi connectivity index (χ0v) is 7.95. The van der Waals surface area contributed by atoms with Crippen LogP contribution in [0.5, 0.6) is 0 Å². The van der Waals surface area contributed by atoms with Crippen molar-refractivity contribution in [2.45, 2.75) is 18.9 Å². The topological polar surface area (TPSA) is 75.1 Å². The molecule has 1 aliphatic carbocycles. The van der Waals surface area contributed by atoms with Crippen molar-refractivity contribution < 1.29 is 9.90 Å². The molecule has 1 heterocycles. The van der Waals surface area contributed by atoms with Crippen molar-refractivity contribution >= 4 is 23.4 Å². The van der Waals surface area contributed by atoms with E-state index in [0.29, 0.717) is 11.9 Å². The molecule has 1 aromatic heterocycles. The highest BCUT2D eigenvalue weighted by molar-refractivity contribution is 6.29. The second kappa shape index (κ2) is 3.42. The molecule has 1 aromatic rings. The molecule has 2 rings (SSSR count). The monoisotopic (exact) mass is 213 g/mol. The number of anilines is 1. The fourth-order valence-corrected chi connectivity index (χ4v) is 1.21. The van der Waals surface area contributed by atoms with Crippen LogP contribution < -0.4 is 5.32 Å². The molecule has 0 spiro atoms. The van der Waals surface area contributed by atoms with Gasteiger partial charge in [0.1, 0.15) is 5.56 Å². The van der Waals surface area contributed by atoms with E-state index in [0.717, 1.165) is 12.8 Å². The number of aromatic nitrogens is 2. The SMILES string of the molecule is O=C(O)c1cc(Cl)nnc1NC1CC1. The van der Waals surface area contributed by atoms with Gasteiger partial charge in [0.15, 0.2) is 11.0 Å². The number of hydrogen-bond acceptors (Lipinski definition) is 4. The van der Waals surface area contributed by atoms with Gasteiger partial charge in [0.05, 0.1) is 0 Å². The molecule has 6 heteroatoms. The number of nitrogens with zero attached hydrogens (tertiary/aromatic N) is 2. The van der Waals surface area contributed by atoms with Crippen LogP contribution in [0.1, 0.15) is 23.2 Å². The summed E-state index contributed by atoms with van der Waals surface area (Å²) in [5.41, 5.74) is 0.0666. The molecule has 1 saturated carbocycles. The van der Waals surface area contributed by atoms with Crippen molar-refractivity contribution in [1.29, 1.82) is 0 Å². The first-order chi connectivity index (χ1) is 6.66. The van der Waals surface area contributed by atoms with Gasteiger partial charge in [0.25, 0.3) is 0 Å². The van der Waals surface area contributed by atoms with Crippen molar-refractivity contribution in [3.8, 4) is 0 Å². The Labute approximate surface area is 85.1 Å². The van der Waals surface area contributed by atoms with Crippen molar-refractivity contribution in [3.05, 3.63) is 16.8 Å². The first kappa shape index (κ1) is 9.21. The Morgan fingerprint density at radius 3 is 2.86 bits per heavy atom. The van der Waals surface area contributed by atoms with Crippen molar-refractivity contribution in [2.24, 2.45) is 0 Å². The number of aromatic carboxylic acids is 1. The molecule has 0 saturated heterocycles. The number of nitrogens with one attached hydrogen (secondary N) is 1. The largest absolute Gasteiger partial charge is 0.478 e. The van der Waals surface area contributed by atoms with E-state index in [2.05, 4.69) is 15.5 Å². The third-order valence-corrected chi connectivity index (χ3v) is 2.10. The summed E-state index contributed by atoms with van der Waals surface area (Å²) < 4.78 is 0. The molecule has 1 fully saturated rings. The van der Waals surface area contributed by atoms with Crippen LogP contribution in [0.15, 0.2) is 6.07 Å². The van der Waals surface area contributed by atoms with Crippen molar-refractivity contribution in [3.63, 3.8) is 0 Å². The average Bonchev–Trinajstić information content (AvgIpc) is 2.91. The second-order valence-electron chi connectivity index (χ2n) is 3.15. The lowest BCUT2D eigenvalue weighted by molar-refractivity contribution is 0.0697. The normalized spacial score (nSPS) is 15.2. The summed E-state index contributed by atoms with van der Waals surface area (Å²) in [6.07, 6.45) is 2.09. The van der Waals surface area contributed by atoms with Gasteiger partial charge in [0, 0.05) is 6.04 Å². The van der Waals surface area contributed by atoms with Gasteiger partial charge in [-0.05, 0) is 18.9 Å². The third-order valence-electron chi connectivity index (χ3n) is 1.91. The molecule has 0 aliphatic heterocycles. The van der Waals surface area contributed by atoms with Crippen LogP contribution in [0.25, 0.3) is 0 Å². The van der Waals surface area contributed by atoms with E-state index in [9.17, 15) is 4.79 Å². The number of carboxylic acids is 1. The molecule has 1 aliphatic rings. The molecule has 2 N–H and O–H groups in total. The van der Waals surface area contributed by atoms with E-state index < -0.39 is 5.97 Å². The minimum Gasteiger partial charge on any atom is -0.478 e. The van der Waals surface area contributed by atoms with Crippen LogP contribution in [0.4, 0.5) is 5.82 Å². The molecular weight excluding hydrogens is 206 g/mol. The molecule has 74 valence electrons. The maximum Gasteiger partial charge on any atom is 0.339 e. The lowest BCUT2D eigenvalue weighted by Crippen LogP contribution is -2.10. The zero-order valence-electron chi connectivity index (χ0n) is 7.20. The minimum atomic E-state index is -1.05. The number of carbonyl (C=O) groups is 1. The number of halogens is 1. The van der Waals surface area contributed by atoms with Crippen LogP contribution in [-0.2, 0) is 0 Å². The lowest BCUT2D eigenvalue weighted by Gasteiger charge is -2.05. The molecular formula is C8H8ClN3O2. The fraction of sp³-hybridized carbons (Fsp3) is 0.375. The Bertz CT molecular complexity index is 379. The Kier molecular flexibility index (Phi) is 2.25. The molecule has 0 unspecified atom stereocenters. The van der Waals surface area contributed by atoms with Crippen LogP contribution in [-0.4, -0.2) is 27.3 Å². The summed E-state index contributed by atoms with van der Waals surface area (Å²) in [5.74, 6) is -0.755. The first-order valence-corrected chi connectivity index (χ1v) is 4.57. The molecule has 0 amide bonds. The smallest absolute Gasteiger partial charge is 0.339 e. The fourth-order valence-electron chi connectivity index (χ4n) is 1.06. The summed E-state index contributed by atoms with van der Waals surface area (Å²) in [6.45, 7) is 0. The van der Waals surface area contributed by atoms with Gasteiger partial charge in [-0.15, -0.1) is 10.2 Å². The van der Waals surface area contributed by atoms with Gasteiger partial charge in [-0.2, -0.15) is 0 Å². The number of carboxylic acid groups (broad SMARTS) is 1. The standard InChI is InChI=1S/C8H8ClN3O2/c9-6-3-5(8(13)14)7(12-11-6)10-4-1-2-4/h3-4H,1-2H2,(H,10,12)(H,13,14). The van der Waals surface area contributed by atoms with Gasteiger partial charge < -0.3 is 10.4 Å². The average molecular weight is 214 g/mol. The summed E-state index contributed by atoms with van der Waals surface area (Å²) in [4.78, 5) is 10.8. The van der Waals surface area contributed by atoms with E-state index in [1.54, 1.807) is 0 Å². The predicted octanol–water partition coefficient (Wildman–Crippen LogP) is 1.40. The number of hydrogen-bond donors (Lipinski definition) is 2. The van der Waals surface area contributed by atoms with Gasteiger partial charge in [0.2, 0.25) is 0 Å². The highest BCUT2D eigenvalue weighted by Gasteiger charge is 2.24. The van der Waals surface area contributed by atoms with E-state index in [4.69, 9.17) is 16.7 Å². The van der Waals surface area contributed by atoms with E-state index in [1.165, 1.54) is 6.07 Å². The zero-order chi connectivity index (χ0) is 10.1. The molecule has 0 atom stereocenters. The van der Waals surface area contributed by atoms with Crippen LogP contribution >= 0.6 is 11.6 Å². The molecule has 0 radical (unpaired) electrons. The summed E-state index contributed by atoms with van der Waals surface area (Å²) in [6, 6.07) is 1.63. The third kappa shape index (κ3) is 1.93. The lowest BCUT2D eigenvalue weighted by atomic mass is 10.3. The Hall–Kier alpha value is -1.36. The van der Waals surface area contributed by atoms with Gasteiger partial charge in [-0.3, -0.25) is 0 Å². The first-order valence-electron chi connectivity index (χ1n) is 4.20. The molecule has 5 nitrogen and oxygen atoms in total. The van der Waals surface area contributed by atoms with Crippen molar-refractivity contribution in [1.82, 2.24) is 10.2 Å². The Morgan fingerprint density at radius 1 is 1.57 bits per heavy atom. The molecule has 14 heavy (non-hydrogen) atoms. The maximum absolute atomic E-state index is 10.8. The van der Waals surface area contributed by atoms with Crippen LogP contribution in [0, 0.1) is 0 Å². The van der Waals surface area contributed by atoms with E-state index in [-0.39, 0.29) is 10.7 Å². The van der Waals surface area contributed by atoms with Gasteiger partial charge in [-0.1, -0.05) is 11.6 Å². The minimum absolute atomic E-state index is 0.0666. The highest BCUT2D eigenvalue weighted by atomic mass is 35.5. The summed E-state index contributed by atoms with van der Waals surface area (Å²) in [7, 11) is 0. The quantitative estimate of drug-likeness (QED) is 0.794. The predicted molar refractivity (Wildman–Crippen MR) is 50.6 cm³/mol. The molecule has 0 aromatic carbocycles. The maximum atomic E-state index is 10.8. The van der Waals surface area contributed by atoms with Gasteiger partial charge >= 0.3 is 5.97 Å². The Balaban J connectivity index is 2.31. The highest BCUT2D eigenvalue weighted by Crippen LogP contribution is 2.25. The van der Waals surface area contributed by atoms with E-state index >= 15 is 0 Å². The van der Waals surface area contributed by atoms with Crippen molar-refractivity contribution in [2.75, 3.05) is 5.32 Å². The van der Waals surface area contributed by atoms with Crippen LogP contribution in [0.3, 0.4) is 0 Å². The van der Waals surface area contributed by atoms with E-state index in [1.807, 2.05) is 0 Å².